The largest absolute Gasteiger partial charge is 0.457 e. The minimum absolute atomic E-state index is 0.0189. The summed E-state index contributed by atoms with van der Waals surface area (Å²) in [5.41, 5.74) is 1.89. The standard InChI is InChI=1S/C31H27ClN4O5/c32-24-10-12-25(13-11-24)34-31(38)35(26-16-18-29(19-17-26)41-28-5-2-1-3-6-28)22-4-21-33-30(37)20-9-23-7-14-27(15-8-23)36(39)40/h1-3,5-20H,4,21-22H2,(H,33,37)(H,34,38)/b20-9+. The number of urea groups is 1. The number of para-hydroxylation sites is 1. The minimum atomic E-state index is -0.480. The van der Waals surface area contributed by atoms with Gasteiger partial charge in [-0.3, -0.25) is 19.8 Å². The lowest BCUT2D eigenvalue weighted by molar-refractivity contribution is -0.384. The van der Waals surface area contributed by atoms with Crippen LogP contribution in [0.4, 0.5) is 21.9 Å². The molecule has 0 aromatic heterocycles. The number of nitro groups is 1. The number of rotatable bonds is 11. The van der Waals surface area contributed by atoms with E-state index in [2.05, 4.69) is 10.6 Å². The van der Waals surface area contributed by atoms with E-state index < -0.39 is 4.92 Å². The van der Waals surface area contributed by atoms with Crippen molar-refractivity contribution < 1.29 is 19.2 Å². The highest BCUT2D eigenvalue weighted by Gasteiger charge is 2.16. The number of ether oxygens (including phenoxy) is 1. The van der Waals surface area contributed by atoms with Gasteiger partial charge in [0, 0.05) is 47.7 Å². The summed E-state index contributed by atoms with van der Waals surface area (Å²) >= 11 is 5.97. The molecule has 208 valence electrons. The van der Waals surface area contributed by atoms with Crippen molar-refractivity contribution in [1.29, 1.82) is 0 Å². The number of hydrogen-bond donors (Lipinski definition) is 2. The number of nitrogens with zero attached hydrogens (tertiary/aromatic N) is 2. The second kappa shape index (κ2) is 14.3. The summed E-state index contributed by atoms with van der Waals surface area (Å²) < 4.78 is 5.86. The van der Waals surface area contributed by atoms with Gasteiger partial charge in [-0.2, -0.15) is 0 Å². The molecule has 0 aliphatic rings. The predicted molar refractivity (Wildman–Crippen MR) is 161 cm³/mol. The molecule has 10 heteroatoms. The number of nitrogens with one attached hydrogen (secondary N) is 2. The number of amides is 3. The molecule has 0 radical (unpaired) electrons. The third-order valence-electron chi connectivity index (χ3n) is 5.86. The van der Waals surface area contributed by atoms with E-state index in [0.717, 1.165) is 0 Å². The third kappa shape index (κ3) is 8.94. The fourth-order valence-electron chi connectivity index (χ4n) is 3.78. The molecule has 0 unspecified atom stereocenters. The summed E-state index contributed by atoms with van der Waals surface area (Å²) in [7, 11) is 0. The van der Waals surface area contributed by atoms with Crippen molar-refractivity contribution in [2.75, 3.05) is 23.3 Å². The molecule has 0 saturated heterocycles. The molecule has 0 heterocycles. The maximum atomic E-state index is 13.2. The molecule has 41 heavy (non-hydrogen) atoms. The van der Waals surface area contributed by atoms with E-state index in [1.165, 1.54) is 18.2 Å². The molecular weight excluding hydrogens is 544 g/mol. The van der Waals surface area contributed by atoms with E-state index in [0.29, 0.717) is 53.0 Å². The molecule has 4 aromatic carbocycles. The molecule has 0 bridgehead atoms. The van der Waals surface area contributed by atoms with Crippen LogP contribution in [0.2, 0.25) is 5.02 Å². The summed E-state index contributed by atoms with van der Waals surface area (Å²) in [4.78, 5) is 37.4. The van der Waals surface area contributed by atoms with Gasteiger partial charge in [0.25, 0.3) is 5.69 Å². The maximum Gasteiger partial charge on any atom is 0.326 e. The van der Waals surface area contributed by atoms with Gasteiger partial charge in [-0.15, -0.1) is 0 Å². The van der Waals surface area contributed by atoms with Gasteiger partial charge >= 0.3 is 6.03 Å². The van der Waals surface area contributed by atoms with E-state index in [1.807, 2.05) is 30.3 Å². The molecule has 0 aliphatic heterocycles. The minimum Gasteiger partial charge on any atom is -0.457 e. The number of carbonyl (C=O) groups is 2. The third-order valence-corrected chi connectivity index (χ3v) is 6.11. The van der Waals surface area contributed by atoms with Crippen molar-refractivity contribution in [1.82, 2.24) is 5.32 Å². The molecule has 9 nitrogen and oxygen atoms in total. The van der Waals surface area contributed by atoms with Gasteiger partial charge in [0.1, 0.15) is 11.5 Å². The average molecular weight is 571 g/mol. The Morgan fingerprint density at radius 2 is 1.54 bits per heavy atom. The Labute approximate surface area is 242 Å². The SMILES string of the molecule is O=C(/C=C/c1ccc([N+](=O)[O-])cc1)NCCCN(C(=O)Nc1ccc(Cl)cc1)c1ccc(Oc2ccccc2)cc1. The first-order valence-corrected chi connectivity index (χ1v) is 13.1. The van der Waals surface area contributed by atoms with Gasteiger partial charge in [-0.1, -0.05) is 29.8 Å². The van der Waals surface area contributed by atoms with Crippen molar-refractivity contribution in [2.24, 2.45) is 0 Å². The molecule has 2 N–H and O–H groups in total. The second-order valence-corrected chi connectivity index (χ2v) is 9.26. The number of carbonyl (C=O) groups excluding carboxylic acids is 2. The van der Waals surface area contributed by atoms with Crippen LogP contribution in [-0.4, -0.2) is 30.0 Å². The first-order valence-electron chi connectivity index (χ1n) is 12.7. The quantitative estimate of drug-likeness (QED) is 0.0850. The Kier molecular flexibility index (Phi) is 10.1. The van der Waals surface area contributed by atoms with Crippen LogP contribution in [0.25, 0.3) is 6.08 Å². The zero-order valence-corrected chi connectivity index (χ0v) is 22.7. The molecule has 0 aliphatic carbocycles. The van der Waals surface area contributed by atoms with Gasteiger partial charge < -0.3 is 15.4 Å². The van der Waals surface area contributed by atoms with Crippen molar-refractivity contribution in [3.63, 3.8) is 0 Å². The topological polar surface area (TPSA) is 114 Å². The van der Waals surface area contributed by atoms with Crippen molar-refractivity contribution in [3.05, 3.63) is 130 Å². The number of nitro benzene ring substituents is 1. The monoisotopic (exact) mass is 570 g/mol. The smallest absolute Gasteiger partial charge is 0.326 e. The van der Waals surface area contributed by atoms with E-state index >= 15 is 0 Å². The van der Waals surface area contributed by atoms with Gasteiger partial charge in [-0.05, 0) is 90.9 Å². The predicted octanol–water partition coefficient (Wildman–Crippen LogP) is 7.30. The lowest BCUT2D eigenvalue weighted by Crippen LogP contribution is -2.37. The van der Waals surface area contributed by atoms with Gasteiger partial charge in [0.15, 0.2) is 0 Å². The molecule has 0 fully saturated rings. The summed E-state index contributed by atoms with van der Waals surface area (Å²) in [5.74, 6) is 1.02. The van der Waals surface area contributed by atoms with Crippen molar-refractivity contribution in [2.45, 2.75) is 6.42 Å². The van der Waals surface area contributed by atoms with Crippen LogP contribution in [0.15, 0.2) is 109 Å². The van der Waals surface area contributed by atoms with Gasteiger partial charge in [0.2, 0.25) is 5.91 Å². The molecule has 3 amide bonds. The van der Waals surface area contributed by atoms with Gasteiger partial charge in [0.05, 0.1) is 4.92 Å². The highest BCUT2D eigenvalue weighted by Crippen LogP contribution is 2.25. The van der Waals surface area contributed by atoms with Crippen molar-refractivity contribution >= 4 is 46.7 Å². The Morgan fingerprint density at radius 1 is 0.878 bits per heavy atom. The summed E-state index contributed by atoms with van der Waals surface area (Å²) in [6, 6.07) is 28.9. The number of anilines is 2. The van der Waals surface area contributed by atoms with Crippen LogP contribution >= 0.6 is 11.6 Å². The van der Waals surface area contributed by atoms with Crippen LogP contribution in [0, 0.1) is 10.1 Å². The highest BCUT2D eigenvalue weighted by atomic mass is 35.5. The average Bonchev–Trinajstić information content (AvgIpc) is 2.98. The lowest BCUT2D eigenvalue weighted by Gasteiger charge is -2.24. The highest BCUT2D eigenvalue weighted by molar-refractivity contribution is 6.30. The Bertz CT molecular complexity index is 1490. The number of benzene rings is 4. The maximum absolute atomic E-state index is 13.2. The van der Waals surface area contributed by atoms with Gasteiger partial charge in [-0.25, -0.2) is 4.79 Å². The van der Waals surface area contributed by atoms with Crippen molar-refractivity contribution in [3.8, 4) is 11.5 Å². The number of halogens is 1. The molecule has 0 atom stereocenters. The second-order valence-electron chi connectivity index (χ2n) is 8.82. The fourth-order valence-corrected chi connectivity index (χ4v) is 3.90. The Morgan fingerprint density at radius 3 is 2.20 bits per heavy atom. The van der Waals surface area contributed by atoms with Crippen LogP contribution in [-0.2, 0) is 4.79 Å². The van der Waals surface area contributed by atoms with Crippen LogP contribution in [0.1, 0.15) is 12.0 Å². The Balaban J connectivity index is 1.36. The summed E-state index contributed by atoms with van der Waals surface area (Å²) in [5, 5.41) is 17.0. The zero-order chi connectivity index (χ0) is 29.0. The number of non-ortho nitro benzene ring substituents is 1. The van der Waals surface area contributed by atoms with Crippen LogP contribution < -0.4 is 20.3 Å². The van der Waals surface area contributed by atoms with E-state index in [9.17, 15) is 19.7 Å². The molecular formula is C31H27ClN4O5. The molecule has 0 saturated carbocycles. The first kappa shape index (κ1) is 28.8. The Hall–Kier alpha value is -5.15. The fraction of sp³-hybridized carbons (Fsp3) is 0.0968. The molecule has 4 rings (SSSR count). The summed E-state index contributed by atoms with van der Waals surface area (Å²) in [6.07, 6.45) is 3.41. The van der Waals surface area contributed by atoms with Crippen LogP contribution in [0.3, 0.4) is 0 Å². The summed E-state index contributed by atoms with van der Waals surface area (Å²) in [6.45, 7) is 0.647. The van der Waals surface area contributed by atoms with E-state index in [1.54, 1.807) is 71.6 Å². The van der Waals surface area contributed by atoms with E-state index in [4.69, 9.17) is 16.3 Å². The lowest BCUT2D eigenvalue weighted by atomic mass is 10.2. The van der Waals surface area contributed by atoms with Crippen LogP contribution in [0.5, 0.6) is 11.5 Å². The molecule has 4 aromatic rings. The molecule has 0 spiro atoms. The first-order chi connectivity index (χ1) is 19.9. The normalized spacial score (nSPS) is 10.7. The van der Waals surface area contributed by atoms with E-state index in [-0.39, 0.29) is 17.6 Å². The zero-order valence-electron chi connectivity index (χ0n) is 21.9. The number of hydrogen-bond acceptors (Lipinski definition) is 5.